The maximum Gasteiger partial charge on any atom is 0.313 e. The van der Waals surface area contributed by atoms with Crippen LogP contribution in [0.25, 0.3) is 0 Å². The third-order valence-corrected chi connectivity index (χ3v) is 4.22. The summed E-state index contributed by atoms with van der Waals surface area (Å²) in [7, 11) is 0. The van der Waals surface area contributed by atoms with Gasteiger partial charge < -0.3 is 10.1 Å². The fourth-order valence-corrected chi connectivity index (χ4v) is 3.43. The molecule has 1 aliphatic carbocycles. The number of halogens is 1. The van der Waals surface area contributed by atoms with Gasteiger partial charge in [0.2, 0.25) is 0 Å². The largest absolute Gasteiger partial charge is 0.466 e. The first-order valence-corrected chi connectivity index (χ1v) is 6.71. The zero-order valence-electron chi connectivity index (χ0n) is 11.1. The molecule has 0 saturated carbocycles. The van der Waals surface area contributed by atoms with Crippen LogP contribution in [0.1, 0.15) is 30.4 Å². The van der Waals surface area contributed by atoms with E-state index < -0.39 is 0 Å². The highest BCUT2D eigenvalue weighted by Gasteiger charge is 2.48. The molecule has 1 fully saturated rings. The summed E-state index contributed by atoms with van der Waals surface area (Å²) < 4.78 is 5.29. The summed E-state index contributed by atoms with van der Waals surface area (Å²) in [6.07, 6.45) is 1.74. The smallest absolute Gasteiger partial charge is 0.313 e. The Morgan fingerprint density at radius 3 is 3.05 bits per heavy atom. The molecule has 0 radical (unpaired) electrons. The monoisotopic (exact) mass is 281 g/mol. The molecule has 1 heterocycles. The van der Waals surface area contributed by atoms with Crippen molar-refractivity contribution in [2.24, 2.45) is 5.41 Å². The second kappa shape index (κ2) is 5.51. The molecule has 19 heavy (non-hydrogen) atoms. The minimum Gasteiger partial charge on any atom is -0.466 e. The maximum absolute atomic E-state index is 12.3. The van der Waals surface area contributed by atoms with Crippen molar-refractivity contribution in [3.05, 3.63) is 35.4 Å². The maximum atomic E-state index is 12.3. The number of hydrogen-bond donors (Lipinski definition) is 1. The Morgan fingerprint density at radius 2 is 2.26 bits per heavy atom. The van der Waals surface area contributed by atoms with Crippen molar-refractivity contribution >= 4 is 18.4 Å². The summed E-state index contributed by atoms with van der Waals surface area (Å²) in [5.41, 5.74) is 2.39. The molecule has 3 rings (SSSR count). The van der Waals surface area contributed by atoms with Gasteiger partial charge in [-0.05, 0) is 36.8 Å². The Labute approximate surface area is 120 Å². The average Bonchev–Trinajstić information content (AvgIpc) is 2.39. The van der Waals surface area contributed by atoms with Crippen LogP contribution in [0.4, 0.5) is 0 Å². The van der Waals surface area contributed by atoms with Crippen molar-refractivity contribution in [2.75, 3.05) is 19.7 Å². The van der Waals surface area contributed by atoms with E-state index in [0.29, 0.717) is 12.5 Å². The molecule has 2 bridgehead atoms. The first-order chi connectivity index (χ1) is 8.75. The fraction of sp³-hybridized carbons (Fsp3) is 0.533. The lowest BCUT2D eigenvalue weighted by Crippen LogP contribution is -2.52. The zero-order valence-corrected chi connectivity index (χ0v) is 12.0. The highest BCUT2D eigenvalue weighted by Crippen LogP contribution is 2.44. The molecule has 104 valence electrons. The van der Waals surface area contributed by atoms with E-state index in [-0.39, 0.29) is 23.8 Å². The Bertz CT molecular complexity index is 477. The molecule has 1 aromatic rings. The van der Waals surface area contributed by atoms with Crippen LogP contribution >= 0.6 is 12.4 Å². The third kappa shape index (κ3) is 2.37. The lowest BCUT2D eigenvalue weighted by atomic mass is 9.65. The van der Waals surface area contributed by atoms with Gasteiger partial charge in [-0.1, -0.05) is 24.3 Å². The highest BCUT2D eigenvalue weighted by atomic mass is 35.5. The van der Waals surface area contributed by atoms with E-state index in [1.54, 1.807) is 0 Å². The molecule has 2 atom stereocenters. The predicted octanol–water partition coefficient (Wildman–Crippen LogP) is 2.29. The zero-order chi connectivity index (χ0) is 12.6. The molecule has 4 heteroatoms. The summed E-state index contributed by atoms with van der Waals surface area (Å²) in [5, 5.41) is 3.41. The molecule has 1 N–H and O–H groups in total. The SMILES string of the molecule is CCOC(=O)C12CNCC(C1)c1ccccc1C2.Cl. The van der Waals surface area contributed by atoms with Crippen LogP contribution in [-0.4, -0.2) is 25.7 Å². The third-order valence-electron chi connectivity index (χ3n) is 4.22. The number of piperidine rings is 1. The minimum atomic E-state index is -0.340. The highest BCUT2D eigenvalue weighted by molar-refractivity contribution is 5.85. The number of esters is 1. The molecule has 2 aliphatic rings. The Kier molecular flexibility index (Phi) is 4.16. The molecule has 3 nitrogen and oxygen atoms in total. The van der Waals surface area contributed by atoms with E-state index in [1.807, 2.05) is 6.92 Å². The predicted molar refractivity (Wildman–Crippen MR) is 76.7 cm³/mol. The van der Waals surface area contributed by atoms with E-state index in [4.69, 9.17) is 4.74 Å². The van der Waals surface area contributed by atoms with Crippen molar-refractivity contribution in [1.82, 2.24) is 5.32 Å². The number of carbonyl (C=O) groups is 1. The van der Waals surface area contributed by atoms with Gasteiger partial charge >= 0.3 is 5.97 Å². The topological polar surface area (TPSA) is 38.3 Å². The quantitative estimate of drug-likeness (QED) is 0.846. The number of carbonyl (C=O) groups excluding carboxylic acids is 1. The van der Waals surface area contributed by atoms with E-state index >= 15 is 0 Å². The molecule has 0 aromatic heterocycles. The van der Waals surface area contributed by atoms with Gasteiger partial charge in [0.25, 0.3) is 0 Å². The van der Waals surface area contributed by atoms with E-state index in [9.17, 15) is 4.79 Å². The summed E-state index contributed by atoms with van der Waals surface area (Å²) >= 11 is 0. The van der Waals surface area contributed by atoms with E-state index in [2.05, 4.69) is 29.6 Å². The number of nitrogens with one attached hydrogen (secondary N) is 1. The molecule has 1 aromatic carbocycles. The lowest BCUT2D eigenvalue weighted by molar-refractivity contribution is -0.157. The Morgan fingerprint density at radius 1 is 1.47 bits per heavy atom. The lowest BCUT2D eigenvalue weighted by Gasteiger charge is -2.44. The van der Waals surface area contributed by atoms with Crippen molar-refractivity contribution in [1.29, 1.82) is 0 Å². The van der Waals surface area contributed by atoms with Gasteiger partial charge in [0.15, 0.2) is 0 Å². The van der Waals surface area contributed by atoms with Gasteiger partial charge in [0.1, 0.15) is 0 Å². The van der Waals surface area contributed by atoms with Crippen LogP contribution in [0.5, 0.6) is 0 Å². The molecular weight excluding hydrogens is 262 g/mol. The van der Waals surface area contributed by atoms with Crippen molar-refractivity contribution in [2.45, 2.75) is 25.7 Å². The van der Waals surface area contributed by atoms with Gasteiger partial charge in [-0.2, -0.15) is 0 Å². The summed E-state index contributed by atoms with van der Waals surface area (Å²) in [5.74, 6) is 0.421. The first kappa shape index (κ1) is 14.4. The molecule has 0 spiro atoms. The van der Waals surface area contributed by atoms with Crippen molar-refractivity contribution < 1.29 is 9.53 Å². The number of hydrogen-bond acceptors (Lipinski definition) is 3. The molecule has 0 amide bonds. The minimum absolute atomic E-state index is 0. The second-order valence-electron chi connectivity index (χ2n) is 5.41. The van der Waals surface area contributed by atoms with Crippen LogP contribution < -0.4 is 5.32 Å². The standard InChI is InChI=1S/C15H19NO2.ClH/c1-2-18-14(17)15-7-11-5-3-4-6-13(11)12(8-15)9-16-10-15;/h3-6,12,16H,2,7-10H2,1H3;1H. The number of benzene rings is 1. The summed E-state index contributed by atoms with van der Waals surface area (Å²) in [6, 6.07) is 8.50. The molecule has 1 aliphatic heterocycles. The number of fused-ring (bicyclic) bond motifs is 4. The van der Waals surface area contributed by atoms with E-state index in [0.717, 1.165) is 25.9 Å². The van der Waals surface area contributed by atoms with Gasteiger partial charge in [-0.15, -0.1) is 12.4 Å². The van der Waals surface area contributed by atoms with Crippen molar-refractivity contribution in [3.63, 3.8) is 0 Å². The van der Waals surface area contributed by atoms with Gasteiger partial charge in [-0.25, -0.2) is 0 Å². The van der Waals surface area contributed by atoms with Crippen LogP contribution in [0.2, 0.25) is 0 Å². The first-order valence-electron chi connectivity index (χ1n) is 6.71. The average molecular weight is 282 g/mol. The molecule has 1 saturated heterocycles. The van der Waals surface area contributed by atoms with E-state index in [1.165, 1.54) is 11.1 Å². The van der Waals surface area contributed by atoms with Crippen LogP contribution in [0.3, 0.4) is 0 Å². The van der Waals surface area contributed by atoms with Crippen molar-refractivity contribution in [3.8, 4) is 0 Å². The Balaban J connectivity index is 0.00000133. The van der Waals surface area contributed by atoms with Gasteiger partial charge in [-0.3, -0.25) is 4.79 Å². The normalized spacial score (nSPS) is 27.9. The Hall–Kier alpha value is -1.06. The van der Waals surface area contributed by atoms with Crippen LogP contribution in [-0.2, 0) is 16.0 Å². The molecular formula is C15H20ClNO2. The van der Waals surface area contributed by atoms with Gasteiger partial charge in [0, 0.05) is 13.1 Å². The van der Waals surface area contributed by atoms with Gasteiger partial charge in [0.05, 0.1) is 12.0 Å². The number of rotatable bonds is 2. The van der Waals surface area contributed by atoms with Crippen LogP contribution in [0.15, 0.2) is 24.3 Å². The molecule has 2 unspecified atom stereocenters. The fourth-order valence-electron chi connectivity index (χ4n) is 3.43. The van der Waals surface area contributed by atoms with Crippen LogP contribution in [0, 0.1) is 5.41 Å². The summed E-state index contributed by atoms with van der Waals surface area (Å²) in [6.45, 7) is 4.06. The number of ether oxygens (including phenoxy) is 1. The summed E-state index contributed by atoms with van der Waals surface area (Å²) in [4.78, 5) is 12.3. The second-order valence-corrected chi connectivity index (χ2v) is 5.41.